The van der Waals surface area contributed by atoms with E-state index < -0.39 is 0 Å². The number of amides is 2. The molecule has 24 heavy (non-hydrogen) atoms. The van der Waals surface area contributed by atoms with Gasteiger partial charge in [0.1, 0.15) is 5.82 Å². The Morgan fingerprint density at radius 1 is 1.33 bits per heavy atom. The molecule has 2 amide bonds. The first-order valence-electron chi connectivity index (χ1n) is 8.64. The fourth-order valence-corrected chi connectivity index (χ4v) is 3.79. The molecule has 1 aromatic rings. The number of carbonyl (C=O) groups excluding carboxylic acids is 1. The number of hydrogen-bond donors (Lipinski definition) is 2. The zero-order valence-corrected chi connectivity index (χ0v) is 13.8. The standard InChI is InChI=1S/C18H25FN2O3/c19-15-5-3-14(4-6-15)18(7-1-2-8-18)13-20-17(23)21-9-10-24-16(11-21)12-22/h3-6,16,22H,1-2,7-13H2,(H,20,23). The van der Waals surface area contributed by atoms with E-state index in [0.717, 1.165) is 31.2 Å². The van der Waals surface area contributed by atoms with Crippen LogP contribution >= 0.6 is 0 Å². The average molecular weight is 336 g/mol. The Kier molecular flexibility index (Phi) is 5.36. The van der Waals surface area contributed by atoms with E-state index >= 15 is 0 Å². The number of urea groups is 1. The Morgan fingerprint density at radius 2 is 2.04 bits per heavy atom. The third-order valence-corrected chi connectivity index (χ3v) is 5.22. The number of halogens is 1. The van der Waals surface area contributed by atoms with Crippen LogP contribution in [0.15, 0.2) is 24.3 Å². The molecule has 1 aliphatic heterocycles. The van der Waals surface area contributed by atoms with Crippen LogP contribution in [0.25, 0.3) is 0 Å². The molecule has 1 saturated carbocycles. The Labute approximate surface area is 141 Å². The van der Waals surface area contributed by atoms with Gasteiger partial charge in [0.25, 0.3) is 0 Å². The molecule has 1 aliphatic carbocycles. The first-order chi connectivity index (χ1) is 11.6. The van der Waals surface area contributed by atoms with Crippen LogP contribution < -0.4 is 5.32 Å². The Bertz CT molecular complexity index is 558. The van der Waals surface area contributed by atoms with Crippen LogP contribution in [0, 0.1) is 5.82 Å². The van der Waals surface area contributed by atoms with Crippen LogP contribution in [0.2, 0.25) is 0 Å². The number of hydrogen-bond acceptors (Lipinski definition) is 3. The fourth-order valence-electron chi connectivity index (χ4n) is 3.79. The molecule has 0 spiro atoms. The van der Waals surface area contributed by atoms with Gasteiger partial charge in [-0.25, -0.2) is 9.18 Å². The molecule has 1 aromatic carbocycles. The topological polar surface area (TPSA) is 61.8 Å². The number of aliphatic hydroxyl groups is 1. The summed E-state index contributed by atoms with van der Waals surface area (Å²) in [5.41, 5.74) is 0.989. The van der Waals surface area contributed by atoms with E-state index in [2.05, 4.69) is 5.32 Å². The molecule has 1 heterocycles. The van der Waals surface area contributed by atoms with Crippen molar-refractivity contribution in [3.63, 3.8) is 0 Å². The SMILES string of the molecule is O=C(NCC1(c2ccc(F)cc2)CCCC1)N1CCOC(CO)C1. The maximum Gasteiger partial charge on any atom is 0.317 e. The van der Waals surface area contributed by atoms with E-state index in [1.165, 1.54) is 12.1 Å². The Hall–Kier alpha value is -1.66. The van der Waals surface area contributed by atoms with Crippen molar-refractivity contribution in [1.29, 1.82) is 0 Å². The number of benzene rings is 1. The van der Waals surface area contributed by atoms with Gasteiger partial charge >= 0.3 is 6.03 Å². The van der Waals surface area contributed by atoms with E-state index in [1.54, 1.807) is 4.90 Å². The van der Waals surface area contributed by atoms with Crippen LogP contribution in [0.5, 0.6) is 0 Å². The smallest absolute Gasteiger partial charge is 0.317 e. The van der Waals surface area contributed by atoms with Crippen molar-refractivity contribution in [2.45, 2.75) is 37.2 Å². The third kappa shape index (κ3) is 3.70. The van der Waals surface area contributed by atoms with Gasteiger partial charge in [-0.1, -0.05) is 25.0 Å². The van der Waals surface area contributed by atoms with Gasteiger partial charge in [-0.3, -0.25) is 0 Å². The van der Waals surface area contributed by atoms with Gasteiger partial charge < -0.3 is 20.1 Å². The van der Waals surface area contributed by atoms with Crippen LogP contribution in [0.3, 0.4) is 0 Å². The van der Waals surface area contributed by atoms with Crippen molar-refractivity contribution in [3.8, 4) is 0 Å². The highest BCUT2D eigenvalue weighted by molar-refractivity contribution is 5.74. The van der Waals surface area contributed by atoms with Crippen molar-refractivity contribution in [1.82, 2.24) is 10.2 Å². The summed E-state index contributed by atoms with van der Waals surface area (Å²) in [6.45, 7) is 1.86. The van der Waals surface area contributed by atoms with Gasteiger partial charge in [0.15, 0.2) is 0 Å². The quantitative estimate of drug-likeness (QED) is 0.884. The zero-order chi connectivity index (χ0) is 17.0. The summed E-state index contributed by atoms with van der Waals surface area (Å²) in [7, 11) is 0. The third-order valence-electron chi connectivity index (χ3n) is 5.22. The summed E-state index contributed by atoms with van der Waals surface area (Å²) in [6, 6.07) is 6.54. The van der Waals surface area contributed by atoms with Crippen molar-refractivity contribution in [2.24, 2.45) is 0 Å². The zero-order valence-electron chi connectivity index (χ0n) is 13.8. The van der Waals surface area contributed by atoms with E-state index in [-0.39, 0.29) is 30.0 Å². The fraction of sp³-hybridized carbons (Fsp3) is 0.611. The van der Waals surface area contributed by atoms with Gasteiger partial charge in [-0.15, -0.1) is 0 Å². The van der Waals surface area contributed by atoms with Crippen molar-refractivity contribution < 1.29 is 19.0 Å². The molecule has 3 rings (SSSR count). The van der Waals surface area contributed by atoms with Crippen molar-refractivity contribution in [3.05, 3.63) is 35.6 Å². The maximum absolute atomic E-state index is 13.2. The van der Waals surface area contributed by atoms with E-state index in [1.807, 2.05) is 12.1 Å². The molecule has 5 nitrogen and oxygen atoms in total. The molecule has 0 aromatic heterocycles. The predicted octanol–water partition coefficient (Wildman–Crippen LogP) is 2.04. The number of ether oxygens (including phenoxy) is 1. The lowest BCUT2D eigenvalue weighted by Crippen LogP contribution is -2.52. The van der Waals surface area contributed by atoms with Crippen molar-refractivity contribution >= 4 is 6.03 Å². The Balaban J connectivity index is 1.64. The molecule has 1 saturated heterocycles. The van der Waals surface area contributed by atoms with Crippen LogP contribution in [-0.4, -0.2) is 55.0 Å². The molecule has 0 bridgehead atoms. The van der Waals surface area contributed by atoms with E-state index in [9.17, 15) is 14.3 Å². The van der Waals surface area contributed by atoms with Gasteiger partial charge in [-0.2, -0.15) is 0 Å². The average Bonchev–Trinajstić information content (AvgIpc) is 3.10. The number of aliphatic hydroxyl groups excluding tert-OH is 1. The largest absolute Gasteiger partial charge is 0.394 e. The van der Waals surface area contributed by atoms with Crippen LogP contribution in [-0.2, 0) is 10.2 Å². The molecule has 132 valence electrons. The normalized spacial score (nSPS) is 23.2. The molecule has 6 heteroatoms. The number of carbonyl (C=O) groups is 1. The summed E-state index contributed by atoms with van der Waals surface area (Å²) in [5, 5.41) is 12.2. The van der Waals surface area contributed by atoms with E-state index in [0.29, 0.717) is 26.2 Å². The highest BCUT2D eigenvalue weighted by Gasteiger charge is 2.36. The minimum atomic E-state index is -0.304. The molecule has 1 atom stereocenters. The molecule has 2 fully saturated rings. The lowest BCUT2D eigenvalue weighted by molar-refractivity contribution is -0.0403. The highest BCUT2D eigenvalue weighted by Crippen LogP contribution is 2.40. The minimum Gasteiger partial charge on any atom is -0.394 e. The Morgan fingerprint density at radius 3 is 2.71 bits per heavy atom. The summed E-state index contributed by atoms with van der Waals surface area (Å²) in [5.74, 6) is -0.237. The summed E-state index contributed by atoms with van der Waals surface area (Å²) >= 11 is 0. The first kappa shape index (κ1) is 17.2. The van der Waals surface area contributed by atoms with Gasteiger partial charge in [0.05, 0.1) is 25.9 Å². The molecule has 2 N–H and O–H groups in total. The second-order valence-corrected chi connectivity index (χ2v) is 6.77. The van der Waals surface area contributed by atoms with Crippen molar-refractivity contribution in [2.75, 3.05) is 32.8 Å². The van der Waals surface area contributed by atoms with Crippen LogP contribution in [0.4, 0.5) is 9.18 Å². The highest BCUT2D eigenvalue weighted by atomic mass is 19.1. The molecular formula is C18H25FN2O3. The number of nitrogens with one attached hydrogen (secondary N) is 1. The monoisotopic (exact) mass is 336 g/mol. The number of nitrogens with zero attached hydrogens (tertiary/aromatic N) is 1. The second kappa shape index (κ2) is 7.49. The summed E-state index contributed by atoms with van der Waals surface area (Å²) in [6.07, 6.45) is 3.94. The minimum absolute atomic E-state index is 0.0801. The van der Waals surface area contributed by atoms with Gasteiger partial charge in [0, 0.05) is 18.5 Å². The van der Waals surface area contributed by atoms with E-state index in [4.69, 9.17) is 4.74 Å². The predicted molar refractivity (Wildman–Crippen MR) is 88.3 cm³/mol. The molecular weight excluding hydrogens is 311 g/mol. The second-order valence-electron chi connectivity index (χ2n) is 6.77. The lowest BCUT2D eigenvalue weighted by atomic mass is 9.79. The van der Waals surface area contributed by atoms with Gasteiger partial charge in [-0.05, 0) is 30.5 Å². The molecule has 1 unspecified atom stereocenters. The number of morpholine rings is 1. The van der Waals surface area contributed by atoms with Gasteiger partial charge in [0.2, 0.25) is 0 Å². The summed E-state index contributed by atoms with van der Waals surface area (Å²) in [4.78, 5) is 14.2. The molecule has 2 aliphatic rings. The maximum atomic E-state index is 13.2. The lowest BCUT2D eigenvalue weighted by Gasteiger charge is -2.34. The number of rotatable bonds is 4. The van der Waals surface area contributed by atoms with Crippen LogP contribution in [0.1, 0.15) is 31.2 Å². The first-order valence-corrected chi connectivity index (χ1v) is 8.64. The molecule has 0 radical (unpaired) electrons. The summed E-state index contributed by atoms with van der Waals surface area (Å²) < 4.78 is 18.6.